The molecule has 174 valence electrons. The number of esters is 1. The van der Waals surface area contributed by atoms with Gasteiger partial charge in [0.1, 0.15) is 11.5 Å². The van der Waals surface area contributed by atoms with E-state index in [2.05, 4.69) is 6.92 Å². The molecule has 0 bridgehead atoms. The number of para-hydroxylation sites is 1. The number of aryl methyl sites for hydroxylation is 1. The molecule has 0 N–H and O–H groups in total. The molecule has 0 radical (unpaired) electrons. The SMILES string of the molecule is CCc1ccccc1N=C1S/C(=C/c2ccc(-c3cccc(C(=O)OC(C)C)c3)o2)C(=O)N1C. The molecule has 0 unspecified atom stereocenters. The summed E-state index contributed by atoms with van der Waals surface area (Å²) in [6.45, 7) is 5.71. The van der Waals surface area contributed by atoms with Gasteiger partial charge in [-0.3, -0.25) is 9.69 Å². The number of thioether (sulfide) groups is 1. The van der Waals surface area contributed by atoms with Crippen molar-refractivity contribution in [1.82, 2.24) is 4.90 Å². The van der Waals surface area contributed by atoms with E-state index in [1.165, 1.54) is 11.8 Å². The van der Waals surface area contributed by atoms with Crippen molar-refractivity contribution in [3.63, 3.8) is 0 Å². The largest absolute Gasteiger partial charge is 0.459 e. The summed E-state index contributed by atoms with van der Waals surface area (Å²) in [5, 5.41) is 0.625. The summed E-state index contributed by atoms with van der Waals surface area (Å²) < 4.78 is 11.2. The molecule has 1 fully saturated rings. The molecule has 1 amide bonds. The minimum absolute atomic E-state index is 0.130. The topological polar surface area (TPSA) is 72.1 Å². The Morgan fingerprint density at radius 3 is 2.71 bits per heavy atom. The molecule has 34 heavy (non-hydrogen) atoms. The number of likely N-dealkylation sites (N-methyl/N-ethyl adjacent to an activating group) is 1. The predicted molar refractivity (Wildman–Crippen MR) is 136 cm³/mol. The number of rotatable bonds is 6. The zero-order chi connectivity index (χ0) is 24.2. The highest BCUT2D eigenvalue weighted by molar-refractivity contribution is 8.18. The second-order valence-electron chi connectivity index (χ2n) is 8.09. The maximum absolute atomic E-state index is 12.8. The van der Waals surface area contributed by atoms with E-state index in [-0.39, 0.29) is 18.0 Å². The van der Waals surface area contributed by atoms with E-state index < -0.39 is 0 Å². The average molecular weight is 475 g/mol. The van der Waals surface area contributed by atoms with Crippen LogP contribution >= 0.6 is 11.8 Å². The third kappa shape index (κ3) is 5.15. The Hall–Kier alpha value is -3.58. The van der Waals surface area contributed by atoms with Crippen molar-refractivity contribution >= 4 is 40.6 Å². The molecule has 1 aliphatic rings. The number of carbonyl (C=O) groups is 2. The van der Waals surface area contributed by atoms with Crippen LogP contribution in [0.5, 0.6) is 0 Å². The molecule has 4 rings (SSSR count). The van der Waals surface area contributed by atoms with Crippen LogP contribution in [0, 0.1) is 0 Å². The van der Waals surface area contributed by atoms with E-state index >= 15 is 0 Å². The van der Waals surface area contributed by atoms with Crippen LogP contribution in [0.1, 0.15) is 42.5 Å². The molecule has 1 saturated heterocycles. The molecule has 0 atom stereocenters. The van der Waals surface area contributed by atoms with Gasteiger partial charge in [0.05, 0.1) is 22.3 Å². The van der Waals surface area contributed by atoms with E-state index in [9.17, 15) is 9.59 Å². The van der Waals surface area contributed by atoms with E-state index in [4.69, 9.17) is 14.1 Å². The quantitative estimate of drug-likeness (QED) is 0.309. The van der Waals surface area contributed by atoms with Crippen LogP contribution in [-0.2, 0) is 16.0 Å². The Morgan fingerprint density at radius 1 is 1.15 bits per heavy atom. The lowest BCUT2D eigenvalue weighted by molar-refractivity contribution is -0.121. The maximum Gasteiger partial charge on any atom is 0.338 e. The van der Waals surface area contributed by atoms with Crippen LogP contribution in [0.2, 0.25) is 0 Å². The zero-order valence-electron chi connectivity index (χ0n) is 19.6. The fourth-order valence-electron chi connectivity index (χ4n) is 3.47. The lowest BCUT2D eigenvalue weighted by atomic mass is 10.1. The first-order chi connectivity index (χ1) is 16.4. The fraction of sp³-hybridized carbons (Fsp3) is 0.222. The second-order valence-corrected chi connectivity index (χ2v) is 9.10. The van der Waals surface area contributed by atoms with Crippen LogP contribution in [0.15, 0.2) is 75.0 Å². The normalized spacial score (nSPS) is 16.1. The summed E-state index contributed by atoms with van der Waals surface area (Å²) in [6.07, 6.45) is 2.39. The maximum atomic E-state index is 12.8. The van der Waals surface area contributed by atoms with Crippen molar-refractivity contribution in [2.45, 2.75) is 33.3 Å². The number of nitrogens with zero attached hydrogens (tertiary/aromatic N) is 2. The van der Waals surface area contributed by atoms with E-state index in [1.807, 2.05) is 50.2 Å². The molecule has 1 aromatic heterocycles. The zero-order valence-corrected chi connectivity index (χ0v) is 20.4. The monoisotopic (exact) mass is 474 g/mol. The van der Waals surface area contributed by atoms with Crippen LogP contribution in [0.25, 0.3) is 17.4 Å². The molecule has 1 aliphatic heterocycles. The summed E-state index contributed by atoms with van der Waals surface area (Å²) in [5.74, 6) is 0.637. The highest BCUT2D eigenvalue weighted by Crippen LogP contribution is 2.35. The van der Waals surface area contributed by atoms with Gasteiger partial charge in [0, 0.05) is 18.7 Å². The Morgan fingerprint density at radius 2 is 1.94 bits per heavy atom. The van der Waals surface area contributed by atoms with Gasteiger partial charge in [0.25, 0.3) is 5.91 Å². The van der Waals surface area contributed by atoms with Crippen molar-refractivity contribution in [2.75, 3.05) is 7.05 Å². The summed E-state index contributed by atoms with van der Waals surface area (Å²) in [5.41, 5.74) is 3.20. The van der Waals surface area contributed by atoms with E-state index in [0.29, 0.717) is 27.2 Å². The van der Waals surface area contributed by atoms with Crippen molar-refractivity contribution in [2.24, 2.45) is 4.99 Å². The van der Waals surface area contributed by atoms with Gasteiger partial charge in [0.2, 0.25) is 0 Å². The first kappa shape index (κ1) is 23.6. The number of ether oxygens (including phenoxy) is 1. The number of furan rings is 1. The average Bonchev–Trinajstić information content (AvgIpc) is 3.40. The second kappa shape index (κ2) is 10.1. The van der Waals surface area contributed by atoms with E-state index in [0.717, 1.165) is 23.2 Å². The fourth-order valence-corrected chi connectivity index (χ4v) is 4.43. The number of hydrogen-bond donors (Lipinski definition) is 0. The van der Waals surface area contributed by atoms with Crippen molar-refractivity contribution in [3.05, 3.63) is 82.5 Å². The molecular weight excluding hydrogens is 448 g/mol. The molecular formula is C27H26N2O4S. The summed E-state index contributed by atoms with van der Waals surface area (Å²) in [4.78, 5) is 31.8. The minimum atomic E-state index is -0.377. The molecule has 6 nitrogen and oxygen atoms in total. The molecule has 2 aromatic carbocycles. The number of aliphatic imine (C=N–C) groups is 1. The smallest absolute Gasteiger partial charge is 0.338 e. The van der Waals surface area contributed by atoms with Crippen LogP contribution in [0.4, 0.5) is 5.69 Å². The Kier molecular flexibility index (Phi) is 7.03. The van der Waals surface area contributed by atoms with Crippen LogP contribution < -0.4 is 0 Å². The van der Waals surface area contributed by atoms with Crippen molar-refractivity contribution in [3.8, 4) is 11.3 Å². The molecule has 0 spiro atoms. The lowest BCUT2D eigenvalue weighted by Crippen LogP contribution is -2.23. The minimum Gasteiger partial charge on any atom is -0.459 e. The number of carbonyl (C=O) groups excluding carboxylic acids is 2. The predicted octanol–water partition coefficient (Wildman–Crippen LogP) is 6.31. The van der Waals surface area contributed by atoms with Gasteiger partial charge in [-0.05, 0) is 67.9 Å². The standard InChI is InChI=1S/C27H26N2O4S/c1-5-18-9-6-7-12-22(18)28-27-29(4)25(30)24(34-27)16-21-13-14-23(33-21)19-10-8-11-20(15-19)26(31)32-17(2)3/h6-17H,5H2,1-4H3/b24-16+,28-27?. The molecule has 3 aromatic rings. The first-order valence-electron chi connectivity index (χ1n) is 11.1. The van der Waals surface area contributed by atoms with Gasteiger partial charge in [-0.15, -0.1) is 0 Å². The molecule has 0 saturated carbocycles. The van der Waals surface area contributed by atoms with Crippen molar-refractivity contribution in [1.29, 1.82) is 0 Å². The van der Waals surface area contributed by atoms with Gasteiger partial charge in [0.15, 0.2) is 5.17 Å². The highest BCUT2D eigenvalue weighted by Gasteiger charge is 2.31. The highest BCUT2D eigenvalue weighted by atomic mass is 32.2. The third-order valence-electron chi connectivity index (χ3n) is 5.22. The molecule has 0 aliphatic carbocycles. The Bertz CT molecular complexity index is 1290. The molecule has 2 heterocycles. The van der Waals surface area contributed by atoms with Gasteiger partial charge in [-0.25, -0.2) is 9.79 Å². The summed E-state index contributed by atoms with van der Waals surface area (Å²) >= 11 is 1.32. The Balaban J connectivity index is 1.56. The van der Waals surface area contributed by atoms with E-state index in [1.54, 1.807) is 42.3 Å². The summed E-state index contributed by atoms with van der Waals surface area (Å²) in [7, 11) is 1.72. The number of amides is 1. The number of benzene rings is 2. The molecule has 7 heteroatoms. The number of amidine groups is 1. The van der Waals surface area contributed by atoms with Gasteiger partial charge >= 0.3 is 5.97 Å². The Labute approximate surface area is 203 Å². The van der Waals surface area contributed by atoms with Gasteiger partial charge < -0.3 is 9.15 Å². The third-order valence-corrected chi connectivity index (χ3v) is 6.28. The van der Waals surface area contributed by atoms with Gasteiger partial charge in [-0.2, -0.15) is 0 Å². The summed E-state index contributed by atoms with van der Waals surface area (Å²) in [6, 6.07) is 18.6. The van der Waals surface area contributed by atoms with Crippen molar-refractivity contribution < 1.29 is 18.7 Å². The van der Waals surface area contributed by atoms with Gasteiger partial charge in [-0.1, -0.05) is 37.3 Å². The van der Waals surface area contributed by atoms with Crippen LogP contribution in [0.3, 0.4) is 0 Å². The first-order valence-corrected chi connectivity index (χ1v) is 11.9. The number of hydrogen-bond acceptors (Lipinski definition) is 6. The lowest BCUT2D eigenvalue weighted by Gasteiger charge is -2.08. The van der Waals surface area contributed by atoms with Crippen LogP contribution in [-0.4, -0.2) is 35.1 Å².